The van der Waals surface area contributed by atoms with Gasteiger partial charge in [0, 0.05) is 17.9 Å². The van der Waals surface area contributed by atoms with Gasteiger partial charge in [0.2, 0.25) is 0 Å². The average Bonchev–Trinajstić information content (AvgIpc) is 2.39. The zero-order valence-electron chi connectivity index (χ0n) is 11.0. The summed E-state index contributed by atoms with van der Waals surface area (Å²) < 4.78 is 37.8. The minimum absolute atomic E-state index is 0.327. The summed E-state index contributed by atoms with van der Waals surface area (Å²) in [4.78, 5) is 0. The summed E-state index contributed by atoms with van der Waals surface area (Å²) in [6.45, 7) is 2.21. The van der Waals surface area contributed by atoms with Crippen LogP contribution in [0.3, 0.4) is 0 Å². The first-order chi connectivity index (χ1) is 9.36. The monoisotopic (exact) mass is 280 g/mol. The van der Waals surface area contributed by atoms with Gasteiger partial charge in [-0.05, 0) is 48.4 Å². The molecule has 0 saturated heterocycles. The third kappa shape index (κ3) is 3.44. The van der Waals surface area contributed by atoms with Gasteiger partial charge in [-0.2, -0.15) is 13.2 Å². The number of nitrogen functional groups attached to an aromatic ring is 1. The fourth-order valence-corrected chi connectivity index (χ4v) is 1.85. The van der Waals surface area contributed by atoms with Crippen LogP contribution < -0.4 is 11.1 Å². The van der Waals surface area contributed by atoms with E-state index in [1.165, 1.54) is 6.07 Å². The van der Waals surface area contributed by atoms with E-state index in [9.17, 15) is 13.2 Å². The van der Waals surface area contributed by atoms with Gasteiger partial charge in [0.15, 0.2) is 0 Å². The van der Waals surface area contributed by atoms with Crippen molar-refractivity contribution < 1.29 is 13.2 Å². The number of aryl methyl sites for hydroxylation is 1. The van der Waals surface area contributed by atoms with Crippen molar-refractivity contribution >= 4 is 11.4 Å². The molecule has 0 aromatic heterocycles. The number of benzene rings is 2. The molecule has 0 unspecified atom stereocenters. The van der Waals surface area contributed by atoms with Crippen molar-refractivity contribution in [3.63, 3.8) is 0 Å². The predicted octanol–water partition coefficient (Wildman–Crippen LogP) is 4.21. The molecule has 0 fully saturated rings. The Balaban J connectivity index is 2.09. The highest BCUT2D eigenvalue weighted by Gasteiger charge is 2.30. The van der Waals surface area contributed by atoms with Crippen LogP contribution in [-0.4, -0.2) is 0 Å². The third-order valence-corrected chi connectivity index (χ3v) is 3.02. The maximum atomic E-state index is 12.6. The van der Waals surface area contributed by atoms with Crippen LogP contribution in [0.15, 0.2) is 42.5 Å². The molecular formula is C15H15F3N2. The minimum atomic E-state index is -4.31. The topological polar surface area (TPSA) is 38.0 Å². The van der Waals surface area contributed by atoms with Crippen molar-refractivity contribution in [2.24, 2.45) is 0 Å². The van der Waals surface area contributed by atoms with Crippen LogP contribution in [0.1, 0.15) is 16.7 Å². The van der Waals surface area contributed by atoms with Crippen LogP contribution in [0.25, 0.3) is 0 Å². The van der Waals surface area contributed by atoms with Crippen LogP contribution in [0.2, 0.25) is 0 Å². The second kappa shape index (κ2) is 5.45. The van der Waals surface area contributed by atoms with E-state index in [0.29, 0.717) is 17.8 Å². The van der Waals surface area contributed by atoms with Gasteiger partial charge < -0.3 is 11.1 Å². The fraction of sp³-hybridized carbons (Fsp3) is 0.200. The minimum Gasteiger partial charge on any atom is -0.399 e. The van der Waals surface area contributed by atoms with Gasteiger partial charge in [-0.3, -0.25) is 0 Å². The molecule has 0 aliphatic heterocycles. The first-order valence-corrected chi connectivity index (χ1v) is 6.12. The number of halogens is 3. The van der Waals surface area contributed by atoms with Crippen molar-refractivity contribution in [2.45, 2.75) is 19.6 Å². The van der Waals surface area contributed by atoms with E-state index >= 15 is 0 Å². The molecule has 106 valence electrons. The zero-order chi connectivity index (χ0) is 14.8. The molecule has 0 radical (unpaired) electrons. The molecule has 0 bridgehead atoms. The lowest BCUT2D eigenvalue weighted by Gasteiger charge is -2.11. The van der Waals surface area contributed by atoms with Crippen LogP contribution >= 0.6 is 0 Å². The van der Waals surface area contributed by atoms with Crippen molar-refractivity contribution in [1.29, 1.82) is 0 Å². The lowest BCUT2D eigenvalue weighted by molar-refractivity contribution is -0.137. The number of alkyl halides is 3. The summed E-state index contributed by atoms with van der Waals surface area (Å²) >= 11 is 0. The Morgan fingerprint density at radius 1 is 1.10 bits per heavy atom. The summed E-state index contributed by atoms with van der Waals surface area (Å²) in [6.07, 6.45) is -4.31. The Morgan fingerprint density at radius 2 is 1.85 bits per heavy atom. The van der Waals surface area contributed by atoms with Crippen LogP contribution in [0, 0.1) is 6.92 Å². The van der Waals surface area contributed by atoms with Gasteiger partial charge in [-0.25, -0.2) is 0 Å². The number of rotatable bonds is 3. The zero-order valence-corrected chi connectivity index (χ0v) is 11.0. The van der Waals surface area contributed by atoms with Crippen molar-refractivity contribution in [2.75, 3.05) is 11.1 Å². The van der Waals surface area contributed by atoms with Gasteiger partial charge >= 0.3 is 6.18 Å². The molecule has 0 spiro atoms. The van der Waals surface area contributed by atoms with E-state index in [2.05, 4.69) is 5.32 Å². The first kappa shape index (κ1) is 14.2. The van der Waals surface area contributed by atoms with Gasteiger partial charge in [0.05, 0.1) is 5.56 Å². The Morgan fingerprint density at radius 3 is 2.50 bits per heavy atom. The summed E-state index contributed by atoms with van der Waals surface area (Å²) in [7, 11) is 0. The number of hydrogen-bond donors (Lipinski definition) is 2. The molecule has 5 heteroatoms. The predicted molar refractivity (Wildman–Crippen MR) is 74.4 cm³/mol. The first-order valence-electron chi connectivity index (χ1n) is 6.12. The molecule has 0 aliphatic rings. The van der Waals surface area contributed by atoms with Crippen molar-refractivity contribution in [3.8, 4) is 0 Å². The highest BCUT2D eigenvalue weighted by Crippen LogP contribution is 2.29. The number of hydrogen-bond acceptors (Lipinski definition) is 2. The molecular weight excluding hydrogens is 265 g/mol. The molecule has 2 rings (SSSR count). The van der Waals surface area contributed by atoms with Gasteiger partial charge in [-0.15, -0.1) is 0 Å². The highest BCUT2D eigenvalue weighted by atomic mass is 19.4. The SMILES string of the molecule is Cc1cc(NCc2cccc(C(F)(F)F)c2)ccc1N. The second-order valence-corrected chi connectivity index (χ2v) is 4.62. The van der Waals surface area contributed by atoms with E-state index in [0.717, 1.165) is 23.4 Å². The number of anilines is 2. The highest BCUT2D eigenvalue weighted by molar-refractivity contribution is 5.56. The lowest BCUT2D eigenvalue weighted by atomic mass is 10.1. The van der Waals surface area contributed by atoms with E-state index in [4.69, 9.17) is 5.73 Å². The van der Waals surface area contributed by atoms with Crippen molar-refractivity contribution in [3.05, 3.63) is 59.2 Å². The third-order valence-electron chi connectivity index (χ3n) is 3.02. The molecule has 2 nitrogen and oxygen atoms in total. The van der Waals surface area contributed by atoms with Crippen LogP contribution in [0.5, 0.6) is 0 Å². The van der Waals surface area contributed by atoms with Crippen LogP contribution in [-0.2, 0) is 12.7 Å². The van der Waals surface area contributed by atoms with E-state index in [1.54, 1.807) is 18.2 Å². The Bertz CT molecular complexity index is 606. The standard InChI is InChI=1S/C15H15F3N2/c1-10-7-13(5-6-14(10)19)20-9-11-3-2-4-12(8-11)15(16,17)18/h2-8,20H,9,19H2,1H3. The van der Waals surface area contributed by atoms with Crippen molar-refractivity contribution in [1.82, 2.24) is 0 Å². The van der Waals surface area contributed by atoms with E-state index in [1.807, 2.05) is 13.0 Å². The van der Waals surface area contributed by atoms with E-state index < -0.39 is 11.7 Å². The summed E-state index contributed by atoms with van der Waals surface area (Å²) in [5.41, 5.74) is 8.10. The molecule has 0 aliphatic carbocycles. The average molecular weight is 280 g/mol. The maximum Gasteiger partial charge on any atom is 0.416 e. The normalized spacial score (nSPS) is 11.4. The van der Waals surface area contributed by atoms with Crippen LogP contribution in [0.4, 0.5) is 24.5 Å². The molecule has 2 aromatic rings. The van der Waals surface area contributed by atoms with Gasteiger partial charge in [-0.1, -0.05) is 12.1 Å². The molecule has 2 aromatic carbocycles. The van der Waals surface area contributed by atoms with Gasteiger partial charge in [0.25, 0.3) is 0 Å². The summed E-state index contributed by atoms with van der Waals surface area (Å²) in [5, 5.41) is 3.08. The lowest BCUT2D eigenvalue weighted by Crippen LogP contribution is -2.07. The molecule has 0 saturated carbocycles. The largest absolute Gasteiger partial charge is 0.416 e. The Hall–Kier alpha value is -2.17. The Labute approximate surface area is 115 Å². The van der Waals surface area contributed by atoms with Gasteiger partial charge in [0.1, 0.15) is 0 Å². The second-order valence-electron chi connectivity index (χ2n) is 4.62. The molecule has 0 amide bonds. The van der Waals surface area contributed by atoms with E-state index in [-0.39, 0.29) is 0 Å². The summed E-state index contributed by atoms with van der Waals surface area (Å²) in [6, 6.07) is 10.7. The maximum absolute atomic E-state index is 12.6. The Kier molecular flexibility index (Phi) is 3.88. The fourth-order valence-electron chi connectivity index (χ4n) is 1.85. The molecule has 0 heterocycles. The molecule has 0 atom stereocenters. The smallest absolute Gasteiger partial charge is 0.399 e. The quantitative estimate of drug-likeness (QED) is 0.827. The number of nitrogens with two attached hydrogens (primary N) is 1. The molecule has 20 heavy (non-hydrogen) atoms. The number of nitrogens with one attached hydrogen (secondary N) is 1. The summed E-state index contributed by atoms with van der Waals surface area (Å²) in [5.74, 6) is 0. The molecule has 3 N–H and O–H groups in total.